The Labute approximate surface area is 119 Å². The molecule has 0 radical (unpaired) electrons. The molecule has 1 aromatic rings. The maximum atomic E-state index is 11.5. The van der Waals surface area contributed by atoms with E-state index in [4.69, 9.17) is 14.2 Å². The zero-order valence-corrected chi connectivity index (χ0v) is 12.2. The minimum atomic E-state index is -0.422. The Morgan fingerprint density at radius 1 is 1.30 bits per heavy atom. The lowest BCUT2D eigenvalue weighted by Gasteiger charge is -2.19. The summed E-state index contributed by atoms with van der Waals surface area (Å²) in [6.45, 7) is 7.15. The van der Waals surface area contributed by atoms with E-state index in [0.717, 1.165) is 17.1 Å². The number of carbonyl (C=O) groups is 1. The van der Waals surface area contributed by atoms with Gasteiger partial charge in [0.25, 0.3) is 0 Å². The number of nitrogens with one attached hydrogen (secondary N) is 1. The van der Waals surface area contributed by atoms with E-state index in [0.29, 0.717) is 19.5 Å². The zero-order valence-electron chi connectivity index (χ0n) is 12.2. The Bertz CT molecular complexity index is 479. The number of hydrogen-bond donors (Lipinski definition) is 1. The van der Waals surface area contributed by atoms with E-state index in [2.05, 4.69) is 5.32 Å². The van der Waals surface area contributed by atoms with Gasteiger partial charge in [0, 0.05) is 13.1 Å². The highest BCUT2D eigenvalue weighted by Gasteiger charge is 2.16. The van der Waals surface area contributed by atoms with Crippen LogP contribution < -0.4 is 14.8 Å². The first-order valence-electron chi connectivity index (χ1n) is 6.75. The molecule has 20 heavy (non-hydrogen) atoms. The van der Waals surface area contributed by atoms with Crippen molar-refractivity contribution in [1.82, 2.24) is 5.32 Å². The van der Waals surface area contributed by atoms with Gasteiger partial charge in [0.2, 0.25) is 6.79 Å². The number of esters is 1. The molecular weight excluding hydrogens is 258 g/mol. The number of ether oxygens (including phenoxy) is 3. The van der Waals surface area contributed by atoms with Crippen molar-refractivity contribution in [3.05, 3.63) is 23.8 Å². The number of hydrogen-bond acceptors (Lipinski definition) is 5. The summed E-state index contributed by atoms with van der Waals surface area (Å²) in [7, 11) is 0. The third kappa shape index (κ3) is 4.42. The van der Waals surface area contributed by atoms with Gasteiger partial charge >= 0.3 is 5.97 Å². The van der Waals surface area contributed by atoms with Crippen LogP contribution in [0.1, 0.15) is 32.8 Å². The molecule has 0 bridgehead atoms. The van der Waals surface area contributed by atoms with E-state index in [-0.39, 0.29) is 12.8 Å². The third-order valence-corrected chi connectivity index (χ3v) is 2.69. The molecule has 5 heteroatoms. The Kier molecular flexibility index (Phi) is 4.49. The quantitative estimate of drug-likeness (QED) is 0.661. The van der Waals surface area contributed by atoms with Crippen molar-refractivity contribution in [2.45, 2.75) is 39.3 Å². The molecule has 0 saturated heterocycles. The smallest absolute Gasteiger partial charge is 0.307 e. The van der Waals surface area contributed by atoms with Gasteiger partial charge in [-0.1, -0.05) is 6.07 Å². The molecule has 0 amide bonds. The molecule has 1 heterocycles. The van der Waals surface area contributed by atoms with Crippen molar-refractivity contribution in [1.29, 1.82) is 0 Å². The summed E-state index contributed by atoms with van der Waals surface area (Å²) < 4.78 is 15.8. The number of fused-ring (bicyclic) bond motifs is 1. The van der Waals surface area contributed by atoms with Gasteiger partial charge in [-0.25, -0.2) is 0 Å². The van der Waals surface area contributed by atoms with Crippen LogP contribution in [0.5, 0.6) is 11.5 Å². The van der Waals surface area contributed by atoms with Crippen molar-refractivity contribution in [3.63, 3.8) is 0 Å². The van der Waals surface area contributed by atoms with Gasteiger partial charge in [-0.15, -0.1) is 0 Å². The highest BCUT2D eigenvalue weighted by molar-refractivity contribution is 5.70. The zero-order chi connectivity index (χ0) is 14.6. The van der Waals surface area contributed by atoms with Gasteiger partial charge < -0.3 is 19.5 Å². The summed E-state index contributed by atoms with van der Waals surface area (Å²) in [5, 5.41) is 3.21. The second-order valence-corrected chi connectivity index (χ2v) is 5.70. The molecule has 2 rings (SSSR count). The average Bonchev–Trinajstić information content (AvgIpc) is 2.79. The van der Waals surface area contributed by atoms with Crippen LogP contribution in [0.4, 0.5) is 0 Å². The first kappa shape index (κ1) is 14.7. The molecule has 0 aliphatic carbocycles. The summed E-state index contributed by atoms with van der Waals surface area (Å²) >= 11 is 0. The van der Waals surface area contributed by atoms with Crippen LogP contribution >= 0.6 is 0 Å². The fraction of sp³-hybridized carbons (Fsp3) is 0.533. The van der Waals surface area contributed by atoms with E-state index in [9.17, 15) is 4.79 Å². The molecule has 1 N–H and O–H groups in total. The average molecular weight is 279 g/mol. The molecule has 1 aliphatic rings. The van der Waals surface area contributed by atoms with Crippen molar-refractivity contribution in [2.24, 2.45) is 0 Å². The predicted octanol–water partition coefficient (Wildman–Crippen LogP) is 2.24. The summed E-state index contributed by atoms with van der Waals surface area (Å²) in [5.41, 5.74) is 0.674. The fourth-order valence-corrected chi connectivity index (χ4v) is 1.87. The lowest BCUT2D eigenvalue weighted by atomic mass is 10.2. The fourth-order valence-electron chi connectivity index (χ4n) is 1.87. The second-order valence-electron chi connectivity index (χ2n) is 5.70. The van der Waals surface area contributed by atoms with E-state index in [1.54, 1.807) is 0 Å². The first-order valence-corrected chi connectivity index (χ1v) is 6.75. The van der Waals surface area contributed by atoms with Crippen LogP contribution in [-0.2, 0) is 16.1 Å². The summed E-state index contributed by atoms with van der Waals surface area (Å²) in [4.78, 5) is 11.5. The number of benzene rings is 1. The normalized spacial score (nSPS) is 13.3. The summed E-state index contributed by atoms with van der Waals surface area (Å²) in [6.07, 6.45) is 0.363. The minimum Gasteiger partial charge on any atom is -0.460 e. The molecular formula is C15H21NO4. The second kappa shape index (κ2) is 6.13. The van der Waals surface area contributed by atoms with Gasteiger partial charge in [-0.2, -0.15) is 0 Å². The Hall–Kier alpha value is -1.75. The van der Waals surface area contributed by atoms with Gasteiger partial charge in [-0.3, -0.25) is 4.79 Å². The van der Waals surface area contributed by atoms with E-state index < -0.39 is 5.60 Å². The molecule has 1 aliphatic heterocycles. The molecule has 0 unspecified atom stereocenters. The molecule has 0 fully saturated rings. The van der Waals surface area contributed by atoms with Crippen LogP contribution in [0.2, 0.25) is 0 Å². The maximum absolute atomic E-state index is 11.5. The van der Waals surface area contributed by atoms with Crippen LogP contribution in [0.3, 0.4) is 0 Å². The Balaban J connectivity index is 1.70. The lowest BCUT2D eigenvalue weighted by Crippen LogP contribution is -2.26. The van der Waals surface area contributed by atoms with Gasteiger partial charge in [-0.05, 0) is 38.5 Å². The Morgan fingerprint density at radius 2 is 2.05 bits per heavy atom. The molecule has 0 atom stereocenters. The summed E-state index contributed by atoms with van der Waals surface area (Å²) in [6, 6.07) is 5.82. The van der Waals surface area contributed by atoms with Crippen molar-refractivity contribution in [2.75, 3.05) is 13.3 Å². The van der Waals surface area contributed by atoms with Crippen LogP contribution in [0.15, 0.2) is 18.2 Å². The molecule has 0 spiro atoms. The largest absolute Gasteiger partial charge is 0.460 e. The number of carbonyl (C=O) groups excluding carboxylic acids is 1. The molecule has 5 nitrogen and oxygen atoms in total. The molecule has 0 saturated carbocycles. The summed E-state index contributed by atoms with van der Waals surface area (Å²) in [5.74, 6) is 1.37. The van der Waals surface area contributed by atoms with Gasteiger partial charge in [0.15, 0.2) is 11.5 Å². The van der Waals surface area contributed by atoms with Crippen molar-refractivity contribution in [3.8, 4) is 11.5 Å². The van der Waals surface area contributed by atoms with E-state index >= 15 is 0 Å². The van der Waals surface area contributed by atoms with Crippen LogP contribution in [0.25, 0.3) is 0 Å². The third-order valence-electron chi connectivity index (χ3n) is 2.69. The highest BCUT2D eigenvalue weighted by Crippen LogP contribution is 2.32. The number of rotatable bonds is 5. The SMILES string of the molecule is CC(C)(C)OC(=O)CCNCc1ccc2c(c1)OCO2. The minimum absolute atomic E-state index is 0.185. The molecule has 110 valence electrons. The monoisotopic (exact) mass is 279 g/mol. The van der Waals surface area contributed by atoms with Gasteiger partial charge in [0.1, 0.15) is 5.60 Å². The van der Waals surface area contributed by atoms with E-state index in [1.165, 1.54) is 0 Å². The maximum Gasteiger partial charge on any atom is 0.307 e. The highest BCUT2D eigenvalue weighted by atomic mass is 16.7. The predicted molar refractivity (Wildman–Crippen MR) is 74.7 cm³/mol. The van der Waals surface area contributed by atoms with Crippen molar-refractivity contribution < 1.29 is 19.0 Å². The topological polar surface area (TPSA) is 56.8 Å². The van der Waals surface area contributed by atoms with Gasteiger partial charge in [0.05, 0.1) is 6.42 Å². The standard InChI is InChI=1S/C15H21NO4/c1-15(2,3)20-14(17)6-7-16-9-11-4-5-12-13(8-11)19-10-18-12/h4-5,8,16H,6-7,9-10H2,1-3H3. The lowest BCUT2D eigenvalue weighted by molar-refractivity contribution is -0.154. The Morgan fingerprint density at radius 3 is 2.80 bits per heavy atom. The van der Waals surface area contributed by atoms with Crippen LogP contribution in [0, 0.1) is 0 Å². The van der Waals surface area contributed by atoms with Crippen LogP contribution in [-0.4, -0.2) is 24.9 Å². The van der Waals surface area contributed by atoms with Crippen molar-refractivity contribution >= 4 is 5.97 Å². The van der Waals surface area contributed by atoms with E-state index in [1.807, 2.05) is 39.0 Å². The first-order chi connectivity index (χ1) is 9.44. The molecule has 1 aromatic carbocycles. The molecule has 0 aromatic heterocycles.